The van der Waals surface area contributed by atoms with Crippen LogP contribution in [0.3, 0.4) is 0 Å². The van der Waals surface area contributed by atoms with Crippen LogP contribution in [0.1, 0.15) is 31.2 Å². The molecule has 2 aliphatic rings. The Labute approximate surface area is 157 Å². The van der Waals surface area contributed by atoms with E-state index >= 15 is 0 Å². The first-order chi connectivity index (χ1) is 12.8. The van der Waals surface area contributed by atoms with E-state index in [1.165, 1.54) is 19.0 Å². The highest BCUT2D eigenvalue weighted by Crippen LogP contribution is 2.20. The van der Waals surface area contributed by atoms with E-state index in [4.69, 9.17) is 0 Å². The van der Waals surface area contributed by atoms with Gasteiger partial charge in [-0.15, -0.1) is 0 Å². The third-order valence-electron chi connectivity index (χ3n) is 5.03. The summed E-state index contributed by atoms with van der Waals surface area (Å²) >= 11 is 0. The van der Waals surface area contributed by atoms with Crippen molar-refractivity contribution in [1.82, 2.24) is 29.8 Å². The van der Waals surface area contributed by atoms with E-state index in [1.807, 2.05) is 10.7 Å². The molecule has 0 radical (unpaired) electrons. The van der Waals surface area contributed by atoms with Crippen LogP contribution in [0.25, 0.3) is 0 Å². The lowest BCUT2D eigenvalue weighted by Gasteiger charge is -2.29. The lowest BCUT2D eigenvalue weighted by atomic mass is 10.1. The van der Waals surface area contributed by atoms with Gasteiger partial charge in [0.1, 0.15) is 6.04 Å². The van der Waals surface area contributed by atoms with Crippen molar-refractivity contribution in [3.63, 3.8) is 0 Å². The van der Waals surface area contributed by atoms with E-state index in [0.29, 0.717) is 32.6 Å². The Kier molecular flexibility index (Phi) is 5.15. The number of amides is 5. The summed E-state index contributed by atoms with van der Waals surface area (Å²) in [7, 11) is 2.95. The molecule has 2 aliphatic heterocycles. The van der Waals surface area contributed by atoms with E-state index in [1.54, 1.807) is 11.8 Å². The zero-order valence-electron chi connectivity index (χ0n) is 15.8. The van der Waals surface area contributed by atoms with Gasteiger partial charge in [-0.1, -0.05) is 6.92 Å². The first kappa shape index (κ1) is 18.9. The maximum atomic E-state index is 12.7. The van der Waals surface area contributed by atoms with E-state index in [0.717, 1.165) is 16.3 Å². The van der Waals surface area contributed by atoms with Gasteiger partial charge in [0.05, 0.1) is 37.4 Å². The Morgan fingerprint density at radius 2 is 2.00 bits per heavy atom. The van der Waals surface area contributed by atoms with Gasteiger partial charge in [0.15, 0.2) is 0 Å². The molecule has 5 amide bonds. The average Bonchev–Trinajstić information content (AvgIpc) is 3.16. The van der Waals surface area contributed by atoms with Crippen LogP contribution >= 0.6 is 0 Å². The van der Waals surface area contributed by atoms with Crippen molar-refractivity contribution < 1.29 is 19.2 Å². The molecule has 0 unspecified atom stereocenters. The van der Waals surface area contributed by atoms with Crippen LogP contribution in [0.5, 0.6) is 0 Å². The third kappa shape index (κ3) is 3.64. The van der Waals surface area contributed by atoms with Crippen LogP contribution in [0.4, 0.5) is 4.79 Å². The number of hydrogen-bond acceptors (Lipinski definition) is 5. The maximum Gasteiger partial charge on any atom is 0.326 e. The molecule has 1 saturated heterocycles. The number of urea groups is 1. The Bertz CT molecular complexity index is 788. The van der Waals surface area contributed by atoms with Gasteiger partial charge >= 0.3 is 6.03 Å². The summed E-state index contributed by atoms with van der Waals surface area (Å²) in [6, 6.07) is 0.731. The summed E-state index contributed by atoms with van der Waals surface area (Å²) < 4.78 is 1.83. The molecule has 0 saturated carbocycles. The second-order valence-electron chi connectivity index (χ2n) is 6.81. The predicted octanol–water partition coefficient (Wildman–Crippen LogP) is -0.466. The number of imide groups is 1. The van der Waals surface area contributed by atoms with Gasteiger partial charge < -0.3 is 15.1 Å². The summed E-state index contributed by atoms with van der Waals surface area (Å²) in [5.41, 5.74) is 1.63. The van der Waals surface area contributed by atoms with Gasteiger partial charge in [-0.3, -0.25) is 24.0 Å². The van der Waals surface area contributed by atoms with Crippen molar-refractivity contribution in [3.8, 4) is 0 Å². The van der Waals surface area contributed by atoms with Crippen molar-refractivity contribution in [2.75, 3.05) is 20.6 Å². The predicted molar refractivity (Wildman–Crippen MR) is 94.1 cm³/mol. The molecule has 0 aromatic carbocycles. The molecule has 3 rings (SSSR count). The Balaban J connectivity index is 1.61. The topological polar surface area (TPSA) is 108 Å². The van der Waals surface area contributed by atoms with Crippen molar-refractivity contribution in [2.24, 2.45) is 0 Å². The van der Waals surface area contributed by atoms with Gasteiger partial charge in [-0.25, -0.2) is 4.79 Å². The molecule has 10 heteroatoms. The zero-order chi connectivity index (χ0) is 19.7. The Morgan fingerprint density at radius 3 is 2.63 bits per heavy atom. The number of rotatable bonds is 5. The monoisotopic (exact) mass is 376 g/mol. The van der Waals surface area contributed by atoms with Crippen LogP contribution in [0.2, 0.25) is 0 Å². The summed E-state index contributed by atoms with van der Waals surface area (Å²) in [4.78, 5) is 52.0. The fourth-order valence-corrected chi connectivity index (χ4v) is 3.31. The highest BCUT2D eigenvalue weighted by molar-refractivity contribution is 6.05. The summed E-state index contributed by atoms with van der Waals surface area (Å²) in [6.45, 7) is 3.58. The molecule has 146 valence electrons. The van der Waals surface area contributed by atoms with Gasteiger partial charge in [-0.2, -0.15) is 5.10 Å². The van der Waals surface area contributed by atoms with Crippen molar-refractivity contribution in [3.05, 3.63) is 17.5 Å². The summed E-state index contributed by atoms with van der Waals surface area (Å²) in [5, 5.41) is 7.23. The van der Waals surface area contributed by atoms with E-state index in [2.05, 4.69) is 10.4 Å². The second-order valence-corrected chi connectivity index (χ2v) is 6.81. The number of hydrogen-bond donors (Lipinski definition) is 1. The van der Waals surface area contributed by atoms with Crippen LogP contribution < -0.4 is 5.32 Å². The standard InChI is InChI=1S/C17H24N6O4/c1-4-14(24)18-9-11-7-12-10-22(5-6-23(12)19-11)15(25)8-13-16(26)21(3)17(27)20(13)2/h7,13H,4-6,8-10H2,1-3H3,(H,18,24)/t13-/m1/s1. The fraction of sp³-hybridized carbons (Fsp3) is 0.588. The van der Waals surface area contributed by atoms with Crippen molar-refractivity contribution >= 4 is 23.8 Å². The molecule has 0 aliphatic carbocycles. The van der Waals surface area contributed by atoms with Crippen molar-refractivity contribution in [2.45, 2.75) is 45.4 Å². The molecule has 3 heterocycles. The molecular weight excluding hydrogens is 352 g/mol. The zero-order valence-corrected chi connectivity index (χ0v) is 15.8. The molecular formula is C17H24N6O4. The average molecular weight is 376 g/mol. The van der Waals surface area contributed by atoms with Crippen LogP contribution in [-0.4, -0.2) is 74.9 Å². The van der Waals surface area contributed by atoms with E-state index < -0.39 is 12.1 Å². The maximum absolute atomic E-state index is 12.7. The first-order valence-electron chi connectivity index (χ1n) is 8.96. The minimum absolute atomic E-state index is 0.0288. The van der Waals surface area contributed by atoms with Gasteiger partial charge in [0.2, 0.25) is 11.8 Å². The fourth-order valence-electron chi connectivity index (χ4n) is 3.31. The van der Waals surface area contributed by atoms with Gasteiger partial charge in [0.25, 0.3) is 5.91 Å². The molecule has 0 spiro atoms. The third-order valence-corrected chi connectivity index (χ3v) is 5.03. The minimum Gasteiger partial charge on any atom is -0.350 e. The molecule has 1 fully saturated rings. The molecule has 1 aromatic heterocycles. The molecule has 1 atom stereocenters. The van der Waals surface area contributed by atoms with E-state index in [-0.39, 0.29) is 24.1 Å². The Morgan fingerprint density at radius 1 is 1.26 bits per heavy atom. The SMILES string of the molecule is CCC(=O)NCc1cc2n(n1)CCN(C(=O)C[C@@H]1C(=O)N(C)C(=O)N1C)C2. The first-order valence-corrected chi connectivity index (χ1v) is 8.96. The lowest BCUT2D eigenvalue weighted by Crippen LogP contribution is -2.42. The number of carbonyl (C=O) groups is 4. The molecule has 1 N–H and O–H groups in total. The molecule has 27 heavy (non-hydrogen) atoms. The normalized spacial score (nSPS) is 19.5. The number of likely N-dealkylation sites (N-methyl/N-ethyl adjacent to an activating group) is 2. The highest BCUT2D eigenvalue weighted by atomic mass is 16.2. The largest absolute Gasteiger partial charge is 0.350 e. The van der Waals surface area contributed by atoms with Crippen LogP contribution in [0.15, 0.2) is 6.07 Å². The summed E-state index contributed by atoms with van der Waals surface area (Å²) in [5.74, 6) is -0.564. The number of aromatic nitrogens is 2. The molecule has 1 aromatic rings. The lowest BCUT2D eigenvalue weighted by molar-refractivity contribution is -0.137. The highest BCUT2D eigenvalue weighted by Gasteiger charge is 2.42. The van der Waals surface area contributed by atoms with E-state index in [9.17, 15) is 19.2 Å². The number of nitrogens with zero attached hydrogens (tertiary/aromatic N) is 5. The molecule has 10 nitrogen and oxygen atoms in total. The van der Waals surface area contributed by atoms with Gasteiger partial charge in [-0.05, 0) is 6.07 Å². The minimum atomic E-state index is -0.748. The van der Waals surface area contributed by atoms with Crippen LogP contribution in [0, 0.1) is 0 Å². The second kappa shape index (κ2) is 7.37. The molecule has 0 bridgehead atoms. The van der Waals surface area contributed by atoms with Gasteiger partial charge in [0, 0.05) is 27.1 Å². The quantitative estimate of drug-likeness (QED) is 0.700. The number of fused-ring (bicyclic) bond motifs is 1. The number of carbonyl (C=O) groups excluding carboxylic acids is 4. The Hall–Kier alpha value is -2.91. The van der Waals surface area contributed by atoms with Crippen molar-refractivity contribution in [1.29, 1.82) is 0 Å². The smallest absolute Gasteiger partial charge is 0.326 e. The number of nitrogens with one attached hydrogen (secondary N) is 1. The summed E-state index contributed by atoms with van der Waals surface area (Å²) in [6.07, 6.45) is 0.390. The van der Waals surface area contributed by atoms with Crippen LogP contribution in [-0.2, 0) is 34.0 Å².